The number of nitrogens with zero attached hydrogens (tertiary/aromatic N) is 3. The highest BCUT2D eigenvalue weighted by atomic mass is 35.5. The van der Waals surface area contributed by atoms with Gasteiger partial charge in [-0.2, -0.15) is 10.4 Å². The van der Waals surface area contributed by atoms with E-state index in [1.165, 1.54) is 0 Å². The second-order valence-electron chi connectivity index (χ2n) is 5.58. The zero-order valence-corrected chi connectivity index (χ0v) is 18.9. The van der Waals surface area contributed by atoms with Crippen molar-refractivity contribution in [2.75, 3.05) is 0 Å². The van der Waals surface area contributed by atoms with Crippen molar-refractivity contribution >= 4 is 28.9 Å². The molecule has 1 aromatic heterocycles. The number of benzene rings is 2. The van der Waals surface area contributed by atoms with E-state index in [-0.39, 0.29) is 5.70 Å². The van der Waals surface area contributed by atoms with Gasteiger partial charge in [-0.25, -0.2) is 4.68 Å². The molecule has 0 atom stereocenters. The molecule has 0 spiro atoms. The Labute approximate surface area is 183 Å². The fourth-order valence-corrected chi connectivity index (χ4v) is 3.04. The summed E-state index contributed by atoms with van der Waals surface area (Å²) in [5, 5.41) is 15.1. The molecule has 29 heavy (non-hydrogen) atoms. The van der Waals surface area contributed by atoms with Crippen LogP contribution in [0.1, 0.15) is 44.5 Å². The second kappa shape index (κ2) is 11.3. The molecule has 0 bridgehead atoms. The molecule has 0 aliphatic heterocycles. The van der Waals surface area contributed by atoms with Crippen LogP contribution >= 0.6 is 23.2 Å². The molecule has 0 radical (unpaired) electrons. The maximum atomic E-state index is 9.68. The van der Waals surface area contributed by atoms with Gasteiger partial charge in [-0.15, -0.1) is 0 Å². The van der Waals surface area contributed by atoms with Crippen LogP contribution in [0.25, 0.3) is 22.6 Å². The molecule has 3 rings (SSSR count). The Morgan fingerprint density at radius 3 is 2.14 bits per heavy atom. The van der Waals surface area contributed by atoms with E-state index in [1.54, 1.807) is 22.9 Å². The molecule has 0 saturated carbocycles. The van der Waals surface area contributed by atoms with Crippen LogP contribution in [0.5, 0.6) is 0 Å². The average Bonchev–Trinajstić information content (AvgIpc) is 3.11. The van der Waals surface area contributed by atoms with Gasteiger partial charge in [0.1, 0.15) is 17.3 Å². The molecule has 0 aliphatic rings. The second-order valence-corrected chi connectivity index (χ2v) is 6.43. The van der Waals surface area contributed by atoms with Crippen molar-refractivity contribution in [3.63, 3.8) is 0 Å². The summed E-state index contributed by atoms with van der Waals surface area (Å²) in [5.41, 5.74) is 9.89. The van der Waals surface area contributed by atoms with Gasteiger partial charge in [-0.3, -0.25) is 0 Å². The van der Waals surface area contributed by atoms with Gasteiger partial charge in [0.05, 0.1) is 22.1 Å². The van der Waals surface area contributed by atoms with E-state index in [1.807, 2.05) is 58.9 Å². The first kappa shape index (κ1) is 24.3. The van der Waals surface area contributed by atoms with E-state index in [2.05, 4.69) is 17.7 Å². The summed E-state index contributed by atoms with van der Waals surface area (Å²) >= 11 is 12.3. The molecule has 4 nitrogen and oxygen atoms in total. The maximum absolute atomic E-state index is 9.68. The topological polar surface area (TPSA) is 67.6 Å². The molecule has 0 unspecified atom stereocenters. The van der Waals surface area contributed by atoms with E-state index < -0.39 is 0 Å². The van der Waals surface area contributed by atoms with Gasteiger partial charge in [-0.05, 0) is 25.1 Å². The largest absolute Gasteiger partial charge is 0.397 e. The maximum Gasteiger partial charge on any atom is 0.126 e. The Kier molecular flexibility index (Phi) is 9.47. The lowest BCUT2D eigenvalue weighted by Gasteiger charge is -2.10. The van der Waals surface area contributed by atoms with Gasteiger partial charge in [0.2, 0.25) is 0 Å². The summed E-state index contributed by atoms with van der Waals surface area (Å²) in [7, 11) is 0. The highest BCUT2D eigenvalue weighted by Crippen LogP contribution is 2.33. The number of halogens is 2. The smallest absolute Gasteiger partial charge is 0.126 e. The summed E-state index contributed by atoms with van der Waals surface area (Å²) in [6.45, 7) is 13.7. The van der Waals surface area contributed by atoms with Crippen LogP contribution in [0.4, 0.5) is 0 Å². The fraction of sp³-hybridized carbons (Fsp3) is 0.217. The number of nitrogens with two attached hydrogens (primary N) is 1. The lowest BCUT2D eigenvalue weighted by Crippen LogP contribution is -2.02. The van der Waals surface area contributed by atoms with Gasteiger partial charge < -0.3 is 5.73 Å². The number of aromatic nitrogens is 2. The zero-order valence-electron chi connectivity index (χ0n) is 17.4. The standard InChI is InChI=1S/C19H14Cl2N4.2C2H6/c1-11-3-5-13(6-4-11)19-15(10-22)18(12(2)23)24-25(19)17-8-7-14(20)9-16(17)21;2*1-2/h3-9H,2,23H2,1H3;2*1-2H3. The predicted molar refractivity (Wildman–Crippen MR) is 124 cm³/mol. The lowest BCUT2D eigenvalue weighted by atomic mass is 10.0. The SMILES string of the molecule is C=C(N)c1nn(-c2ccc(Cl)cc2Cl)c(-c2ccc(C)cc2)c1C#N.CC.CC. The molecule has 0 fully saturated rings. The van der Waals surface area contributed by atoms with Crippen molar-refractivity contribution < 1.29 is 0 Å². The first-order valence-electron chi connectivity index (χ1n) is 9.42. The Morgan fingerprint density at radius 1 is 1.07 bits per heavy atom. The Bertz CT molecular complexity index is 1010. The van der Waals surface area contributed by atoms with Crippen molar-refractivity contribution in [1.29, 1.82) is 5.26 Å². The Balaban J connectivity index is 0.000000989. The molecule has 2 N–H and O–H groups in total. The van der Waals surface area contributed by atoms with Crippen LogP contribution in [0.15, 0.2) is 49.0 Å². The molecular weight excluding hydrogens is 403 g/mol. The first-order valence-corrected chi connectivity index (χ1v) is 10.2. The summed E-state index contributed by atoms with van der Waals surface area (Å²) < 4.78 is 1.61. The third-order valence-corrected chi connectivity index (χ3v) is 4.30. The van der Waals surface area contributed by atoms with Gasteiger partial charge in [0.15, 0.2) is 0 Å². The quantitative estimate of drug-likeness (QED) is 0.487. The van der Waals surface area contributed by atoms with Gasteiger partial charge in [0, 0.05) is 10.6 Å². The lowest BCUT2D eigenvalue weighted by molar-refractivity contribution is 0.880. The van der Waals surface area contributed by atoms with Crippen molar-refractivity contribution in [2.45, 2.75) is 34.6 Å². The van der Waals surface area contributed by atoms with Gasteiger partial charge >= 0.3 is 0 Å². The Morgan fingerprint density at radius 2 is 1.66 bits per heavy atom. The molecular formula is C23H26Cl2N4. The summed E-state index contributed by atoms with van der Waals surface area (Å²) in [4.78, 5) is 0. The highest BCUT2D eigenvalue weighted by Gasteiger charge is 2.22. The van der Waals surface area contributed by atoms with Crippen molar-refractivity contribution in [3.8, 4) is 23.0 Å². The molecule has 3 aromatic rings. The monoisotopic (exact) mass is 428 g/mol. The first-order chi connectivity index (χ1) is 13.9. The molecule has 0 saturated heterocycles. The van der Waals surface area contributed by atoms with Crippen molar-refractivity contribution in [2.24, 2.45) is 5.73 Å². The highest BCUT2D eigenvalue weighted by molar-refractivity contribution is 6.35. The van der Waals surface area contributed by atoms with E-state index in [9.17, 15) is 5.26 Å². The van der Waals surface area contributed by atoms with E-state index >= 15 is 0 Å². The summed E-state index contributed by atoms with van der Waals surface area (Å²) in [6.07, 6.45) is 0. The number of aryl methyl sites for hydroxylation is 1. The third kappa shape index (κ3) is 5.41. The van der Waals surface area contributed by atoms with Crippen LogP contribution in [0.2, 0.25) is 10.0 Å². The van der Waals surface area contributed by atoms with Crippen molar-refractivity contribution in [3.05, 3.63) is 75.9 Å². The zero-order chi connectivity index (χ0) is 22.1. The minimum Gasteiger partial charge on any atom is -0.397 e. The van der Waals surface area contributed by atoms with Crippen LogP contribution in [-0.2, 0) is 0 Å². The number of nitriles is 1. The minimum absolute atomic E-state index is 0.216. The van der Waals surface area contributed by atoms with Gasteiger partial charge in [-0.1, -0.05) is 87.3 Å². The number of hydrogen-bond acceptors (Lipinski definition) is 3. The molecule has 152 valence electrons. The molecule has 6 heteroatoms. The number of hydrogen-bond donors (Lipinski definition) is 1. The fourth-order valence-electron chi connectivity index (χ4n) is 2.55. The van der Waals surface area contributed by atoms with Crippen molar-refractivity contribution in [1.82, 2.24) is 9.78 Å². The summed E-state index contributed by atoms with van der Waals surface area (Å²) in [6, 6.07) is 15.1. The normalized spacial score (nSPS) is 9.45. The Hall–Kier alpha value is -2.74. The minimum atomic E-state index is 0.216. The van der Waals surface area contributed by atoms with E-state index in [0.29, 0.717) is 32.7 Å². The summed E-state index contributed by atoms with van der Waals surface area (Å²) in [5.74, 6) is 0. The predicted octanol–water partition coefficient (Wildman–Crippen LogP) is 7.01. The molecule has 1 heterocycles. The van der Waals surface area contributed by atoms with Gasteiger partial charge in [0.25, 0.3) is 0 Å². The van der Waals surface area contributed by atoms with Crippen LogP contribution in [-0.4, -0.2) is 9.78 Å². The molecule has 0 amide bonds. The number of rotatable bonds is 3. The van der Waals surface area contributed by atoms with E-state index in [4.69, 9.17) is 28.9 Å². The molecule has 2 aromatic carbocycles. The van der Waals surface area contributed by atoms with Crippen LogP contribution < -0.4 is 5.73 Å². The third-order valence-electron chi connectivity index (χ3n) is 3.76. The van der Waals surface area contributed by atoms with E-state index in [0.717, 1.165) is 11.1 Å². The molecule has 0 aliphatic carbocycles. The van der Waals surface area contributed by atoms with Crippen LogP contribution in [0, 0.1) is 18.3 Å². The average molecular weight is 429 g/mol. The van der Waals surface area contributed by atoms with Crippen LogP contribution in [0.3, 0.4) is 0 Å².